The number of hydrogen-bond donors (Lipinski definition) is 1. The Morgan fingerprint density at radius 1 is 1.29 bits per heavy atom. The van der Waals surface area contributed by atoms with Crippen LogP contribution in [0.3, 0.4) is 0 Å². The summed E-state index contributed by atoms with van der Waals surface area (Å²) in [4.78, 5) is 14.2. The largest absolute Gasteiger partial charge is 0.425 e. The first-order chi connectivity index (χ1) is 11.5. The highest BCUT2D eigenvalue weighted by Gasteiger charge is 2.27. The molecular formula is C17H21ClN4O2. The summed E-state index contributed by atoms with van der Waals surface area (Å²) in [6, 6.07) is 7.09. The highest BCUT2D eigenvalue weighted by molar-refractivity contribution is 6.33. The molecule has 0 saturated carbocycles. The van der Waals surface area contributed by atoms with Gasteiger partial charge in [-0.1, -0.05) is 37.6 Å². The number of piperidine rings is 1. The number of nitrogens with one attached hydrogen (secondary N) is 1. The van der Waals surface area contributed by atoms with E-state index in [9.17, 15) is 4.79 Å². The Morgan fingerprint density at radius 2 is 2.00 bits per heavy atom. The second-order valence-electron chi connectivity index (χ2n) is 6.30. The van der Waals surface area contributed by atoms with Crippen LogP contribution in [0.4, 0.5) is 10.5 Å². The van der Waals surface area contributed by atoms with Crippen LogP contribution in [0.2, 0.25) is 5.02 Å². The lowest BCUT2D eigenvalue weighted by atomic mass is 9.97. The summed E-state index contributed by atoms with van der Waals surface area (Å²) in [5, 5.41) is 11.6. The molecule has 2 amide bonds. The molecule has 0 bridgehead atoms. The average Bonchev–Trinajstić information content (AvgIpc) is 3.07. The maximum atomic E-state index is 12.4. The first-order valence-corrected chi connectivity index (χ1v) is 8.56. The number of carbonyl (C=O) groups is 1. The number of carbonyl (C=O) groups excluding carboxylic acids is 1. The highest BCUT2D eigenvalue weighted by Crippen LogP contribution is 2.29. The van der Waals surface area contributed by atoms with Gasteiger partial charge in [0.1, 0.15) is 0 Å². The average molecular weight is 349 g/mol. The van der Waals surface area contributed by atoms with E-state index in [0.717, 1.165) is 12.8 Å². The van der Waals surface area contributed by atoms with E-state index >= 15 is 0 Å². The van der Waals surface area contributed by atoms with Gasteiger partial charge in [-0.3, -0.25) is 0 Å². The number of rotatable bonds is 3. The number of nitrogens with zero attached hydrogens (tertiary/aromatic N) is 3. The number of anilines is 1. The minimum Gasteiger partial charge on any atom is -0.425 e. The molecule has 1 N–H and O–H groups in total. The number of amides is 2. The summed E-state index contributed by atoms with van der Waals surface area (Å²) in [5.74, 6) is 1.80. The van der Waals surface area contributed by atoms with Gasteiger partial charge in [0.05, 0.1) is 10.7 Å². The van der Waals surface area contributed by atoms with Gasteiger partial charge in [-0.05, 0) is 25.0 Å². The standard InChI is InChI=1S/C17H21ClN4O2/c1-11(2)15-20-21-16(24-15)12-7-9-22(10-8-12)17(23)19-14-6-4-3-5-13(14)18/h3-6,11-12H,7-10H2,1-2H3,(H,19,23). The van der Waals surface area contributed by atoms with Crippen molar-refractivity contribution in [2.45, 2.75) is 38.5 Å². The molecule has 0 radical (unpaired) electrons. The topological polar surface area (TPSA) is 71.3 Å². The first kappa shape index (κ1) is 16.8. The Labute approximate surface area is 146 Å². The fraction of sp³-hybridized carbons (Fsp3) is 0.471. The smallest absolute Gasteiger partial charge is 0.321 e. The van der Waals surface area contributed by atoms with E-state index in [-0.39, 0.29) is 17.9 Å². The quantitative estimate of drug-likeness (QED) is 0.899. The molecule has 1 aliphatic heterocycles. The molecular weight excluding hydrogens is 328 g/mol. The van der Waals surface area contributed by atoms with Crippen molar-refractivity contribution in [2.75, 3.05) is 18.4 Å². The predicted octanol–water partition coefficient (Wildman–Crippen LogP) is 4.26. The fourth-order valence-electron chi connectivity index (χ4n) is 2.73. The third-order valence-corrected chi connectivity index (χ3v) is 4.53. The van der Waals surface area contributed by atoms with Gasteiger partial charge in [0.2, 0.25) is 11.8 Å². The van der Waals surface area contributed by atoms with Crippen LogP contribution in [0.15, 0.2) is 28.7 Å². The maximum absolute atomic E-state index is 12.4. The second kappa shape index (κ2) is 7.21. The van der Waals surface area contributed by atoms with Crippen LogP contribution >= 0.6 is 11.6 Å². The number of para-hydroxylation sites is 1. The molecule has 2 heterocycles. The van der Waals surface area contributed by atoms with E-state index in [1.54, 1.807) is 17.0 Å². The molecule has 0 atom stereocenters. The SMILES string of the molecule is CC(C)c1nnc(C2CCN(C(=O)Nc3ccccc3Cl)CC2)o1. The fourth-order valence-corrected chi connectivity index (χ4v) is 2.91. The van der Waals surface area contributed by atoms with Crippen LogP contribution < -0.4 is 5.32 Å². The minimum atomic E-state index is -0.130. The van der Waals surface area contributed by atoms with Gasteiger partial charge in [-0.2, -0.15) is 0 Å². The van der Waals surface area contributed by atoms with Crippen LogP contribution in [0.5, 0.6) is 0 Å². The summed E-state index contributed by atoms with van der Waals surface area (Å²) in [7, 11) is 0. The lowest BCUT2D eigenvalue weighted by molar-refractivity contribution is 0.189. The van der Waals surface area contributed by atoms with Gasteiger partial charge in [0.15, 0.2) is 0 Å². The summed E-state index contributed by atoms with van der Waals surface area (Å²) in [5.41, 5.74) is 0.629. The molecule has 24 heavy (non-hydrogen) atoms. The van der Waals surface area contributed by atoms with Crippen molar-refractivity contribution >= 4 is 23.3 Å². The Kier molecular flexibility index (Phi) is 5.04. The number of halogens is 1. The zero-order valence-electron chi connectivity index (χ0n) is 13.8. The Balaban J connectivity index is 1.56. The van der Waals surface area contributed by atoms with E-state index in [0.29, 0.717) is 35.6 Å². The lowest BCUT2D eigenvalue weighted by Gasteiger charge is -2.30. The number of benzene rings is 1. The van der Waals surface area contributed by atoms with Crippen LogP contribution in [0.1, 0.15) is 50.3 Å². The predicted molar refractivity (Wildman–Crippen MR) is 92.4 cm³/mol. The molecule has 0 unspecified atom stereocenters. The molecule has 1 saturated heterocycles. The van der Waals surface area contributed by atoms with Crippen molar-refractivity contribution in [2.24, 2.45) is 0 Å². The van der Waals surface area contributed by atoms with E-state index in [1.165, 1.54) is 0 Å². The monoisotopic (exact) mass is 348 g/mol. The summed E-state index contributed by atoms with van der Waals surface area (Å²) in [6.45, 7) is 5.36. The maximum Gasteiger partial charge on any atom is 0.321 e. The van der Waals surface area contributed by atoms with Crippen molar-refractivity contribution in [1.82, 2.24) is 15.1 Å². The van der Waals surface area contributed by atoms with Gasteiger partial charge in [0, 0.05) is 24.9 Å². The van der Waals surface area contributed by atoms with Gasteiger partial charge in [-0.15, -0.1) is 10.2 Å². The Morgan fingerprint density at radius 3 is 2.62 bits per heavy atom. The van der Waals surface area contributed by atoms with E-state index in [2.05, 4.69) is 15.5 Å². The summed E-state index contributed by atoms with van der Waals surface area (Å²) in [6.07, 6.45) is 1.63. The number of hydrogen-bond acceptors (Lipinski definition) is 4. The third-order valence-electron chi connectivity index (χ3n) is 4.20. The molecule has 1 aliphatic rings. The van der Waals surface area contributed by atoms with Gasteiger partial charge in [0.25, 0.3) is 0 Å². The lowest BCUT2D eigenvalue weighted by Crippen LogP contribution is -2.40. The molecule has 128 valence electrons. The van der Waals surface area contributed by atoms with E-state index < -0.39 is 0 Å². The Hall–Kier alpha value is -2.08. The molecule has 2 aromatic rings. The van der Waals surface area contributed by atoms with Crippen LogP contribution in [0, 0.1) is 0 Å². The summed E-state index contributed by atoms with van der Waals surface area (Å²) < 4.78 is 5.73. The highest BCUT2D eigenvalue weighted by atomic mass is 35.5. The van der Waals surface area contributed by atoms with Gasteiger partial charge < -0.3 is 14.6 Å². The van der Waals surface area contributed by atoms with Gasteiger partial charge in [-0.25, -0.2) is 4.79 Å². The number of aromatic nitrogens is 2. The second-order valence-corrected chi connectivity index (χ2v) is 6.71. The molecule has 3 rings (SSSR count). The van der Waals surface area contributed by atoms with Crippen LogP contribution in [-0.2, 0) is 0 Å². The van der Waals surface area contributed by atoms with Crippen molar-refractivity contribution in [3.8, 4) is 0 Å². The van der Waals surface area contributed by atoms with Gasteiger partial charge >= 0.3 is 6.03 Å². The molecule has 0 spiro atoms. The van der Waals surface area contributed by atoms with Crippen LogP contribution in [-0.4, -0.2) is 34.2 Å². The Bertz CT molecular complexity index is 708. The van der Waals surface area contributed by atoms with Crippen molar-refractivity contribution in [3.05, 3.63) is 41.1 Å². The third kappa shape index (κ3) is 3.70. The zero-order valence-corrected chi connectivity index (χ0v) is 14.6. The normalized spacial score (nSPS) is 15.8. The van der Waals surface area contributed by atoms with E-state index in [4.69, 9.17) is 16.0 Å². The molecule has 1 aromatic carbocycles. The molecule has 1 aromatic heterocycles. The molecule has 0 aliphatic carbocycles. The van der Waals surface area contributed by atoms with Crippen molar-refractivity contribution < 1.29 is 9.21 Å². The summed E-state index contributed by atoms with van der Waals surface area (Å²) >= 11 is 6.08. The van der Waals surface area contributed by atoms with Crippen molar-refractivity contribution in [1.29, 1.82) is 0 Å². The van der Waals surface area contributed by atoms with E-state index in [1.807, 2.05) is 26.0 Å². The number of urea groups is 1. The first-order valence-electron chi connectivity index (χ1n) is 8.18. The molecule has 1 fully saturated rings. The van der Waals surface area contributed by atoms with Crippen molar-refractivity contribution in [3.63, 3.8) is 0 Å². The molecule has 7 heteroatoms. The number of likely N-dealkylation sites (tertiary alicyclic amines) is 1. The molecule has 6 nitrogen and oxygen atoms in total. The zero-order chi connectivity index (χ0) is 17.1. The van der Waals surface area contributed by atoms with Crippen LogP contribution in [0.25, 0.3) is 0 Å². The minimum absolute atomic E-state index is 0.130.